The number of benzene rings is 4. The molecule has 4 fully saturated rings. The van der Waals surface area contributed by atoms with Crippen molar-refractivity contribution < 1.29 is 40.8 Å². The zero-order valence-electron chi connectivity index (χ0n) is 31.4. The van der Waals surface area contributed by atoms with Crippen molar-refractivity contribution in [2.75, 3.05) is 6.26 Å². The number of carbonyl (C=O) groups excluding carboxylic acids is 2. The number of phenols is 1. The summed E-state index contributed by atoms with van der Waals surface area (Å²) < 4.78 is 61.0. The van der Waals surface area contributed by atoms with Crippen LogP contribution in [-0.2, 0) is 14.3 Å². The Morgan fingerprint density at radius 3 is 1.42 bits per heavy atom. The van der Waals surface area contributed by atoms with Gasteiger partial charge in [-0.25, -0.2) is 8.78 Å². The molecule has 0 bridgehead atoms. The molecule has 4 aromatic carbocycles. The van der Waals surface area contributed by atoms with E-state index in [0.29, 0.717) is 46.2 Å². The fourth-order valence-electron chi connectivity index (χ4n) is 8.50. The van der Waals surface area contributed by atoms with Crippen molar-refractivity contribution in [2.45, 2.75) is 102 Å². The molecule has 4 aliphatic carbocycles. The standard InChI is InChI=1S/C22H23FO2.C13H9FO2.C10H18O3S/c23-21-17(15-24)3-1-4-20(21)16-5-7-18(8-6-16)25-19-9-13-22(14-10-19)11-2-12-22;14-13-10(8-15)2-1-3-12(13)9-4-6-11(16)7-5-9;1-14(11,12)13-9-3-7-10(8-4-9)5-2-6-10/h1,3-8,15,19H,2,9-14H2;1-8,16H;9H,2-8H2,1H3. The predicted molar refractivity (Wildman–Crippen MR) is 210 cm³/mol. The Labute approximate surface area is 323 Å². The minimum absolute atomic E-state index is 0.0329. The van der Waals surface area contributed by atoms with Crippen LogP contribution in [0.1, 0.15) is 111 Å². The fourth-order valence-corrected chi connectivity index (χ4v) is 9.18. The first-order valence-electron chi connectivity index (χ1n) is 19.3. The van der Waals surface area contributed by atoms with Gasteiger partial charge in [0.05, 0.1) is 29.6 Å². The number of phenolic OH excluding ortho intramolecular Hbond substituents is 1. The van der Waals surface area contributed by atoms with Crippen LogP contribution in [0.25, 0.3) is 22.3 Å². The SMILES string of the molecule is CS(=O)(=O)OC1CCC2(CCC2)CC1.O=Cc1cccc(-c2ccc(O)cc2)c1F.O=Cc1cccc(-c2ccc(OC3CCC4(CCC4)CC3)cc2)c1F. The van der Waals surface area contributed by atoms with Crippen LogP contribution in [0.4, 0.5) is 8.78 Å². The topological polar surface area (TPSA) is 107 Å². The van der Waals surface area contributed by atoms with E-state index in [4.69, 9.17) is 14.0 Å². The molecule has 55 heavy (non-hydrogen) atoms. The zero-order valence-corrected chi connectivity index (χ0v) is 32.2. The molecule has 0 radical (unpaired) electrons. The second-order valence-corrected chi connectivity index (χ2v) is 17.3. The van der Waals surface area contributed by atoms with Crippen molar-refractivity contribution in [3.8, 4) is 33.8 Å². The lowest BCUT2D eigenvalue weighted by molar-refractivity contribution is 0.0233. The van der Waals surface area contributed by atoms with Gasteiger partial charge in [-0.3, -0.25) is 13.8 Å². The van der Waals surface area contributed by atoms with Crippen LogP contribution in [0.3, 0.4) is 0 Å². The van der Waals surface area contributed by atoms with Gasteiger partial charge in [-0.15, -0.1) is 0 Å². The lowest BCUT2D eigenvalue weighted by Gasteiger charge is -2.46. The van der Waals surface area contributed by atoms with Crippen LogP contribution in [0.5, 0.6) is 11.5 Å². The number of hydrogen-bond donors (Lipinski definition) is 1. The summed E-state index contributed by atoms with van der Waals surface area (Å²) in [6.07, 6.45) is 19.7. The number of aldehydes is 2. The van der Waals surface area contributed by atoms with Gasteiger partial charge < -0.3 is 9.84 Å². The second kappa shape index (κ2) is 17.6. The molecule has 2 spiro atoms. The molecule has 4 aliphatic rings. The highest BCUT2D eigenvalue weighted by molar-refractivity contribution is 7.86. The summed E-state index contributed by atoms with van der Waals surface area (Å²) in [5, 5.41) is 9.12. The number of aromatic hydroxyl groups is 1. The molecular formula is C45H50F2O7S. The van der Waals surface area contributed by atoms with Gasteiger partial charge in [0.15, 0.2) is 12.6 Å². The number of carbonyl (C=O) groups is 2. The summed E-state index contributed by atoms with van der Waals surface area (Å²) in [4.78, 5) is 21.5. The molecular weight excluding hydrogens is 723 g/mol. The Hall–Kier alpha value is -4.41. The van der Waals surface area contributed by atoms with E-state index in [2.05, 4.69) is 0 Å². The summed E-state index contributed by atoms with van der Waals surface area (Å²) >= 11 is 0. The second-order valence-electron chi connectivity index (χ2n) is 15.7. The monoisotopic (exact) mass is 772 g/mol. The average molecular weight is 773 g/mol. The third kappa shape index (κ3) is 10.3. The van der Waals surface area contributed by atoms with Gasteiger partial charge in [-0.05, 0) is 135 Å². The third-order valence-corrected chi connectivity index (χ3v) is 12.7. The van der Waals surface area contributed by atoms with Crippen molar-refractivity contribution in [1.82, 2.24) is 0 Å². The van der Waals surface area contributed by atoms with Crippen molar-refractivity contribution in [1.29, 1.82) is 0 Å². The van der Waals surface area contributed by atoms with Gasteiger partial charge >= 0.3 is 0 Å². The largest absolute Gasteiger partial charge is 0.508 e. The first-order chi connectivity index (χ1) is 26.4. The minimum Gasteiger partial charge on any atom is -0.508 e. The molecule has 292 valence electrons. The Bertz CT molecular complexity index is 2020. The molecule has 0 unspecified atom stereocenters. The lowest BCUT2D eigenvalue weighted by Crippen LogP contribution is -2.37. The van der Waals surface area contributed by atoms with E-state index in [1.54, 1.807) is 36.4 Å². The molecule has 0 atom stereocenters. The molecule has 4 aromatic rings. The predicted octanol–water partition coefficient (Wildman–Crippen LogP) is 10.9. The Morgan fingerprint density at radius 2 is 1.04 bits per heavy atom. The molecule has 0 aliphatic heterocycles. The number of rotatable bonds is 8. The van der Waals surface area contributed by atoms with Crippen LogP contribution >= 0.6 is 0 Å². The molecule has 0 aromatic heterocycles. The Balaban J connectivity index is 0.000000149. The molecule has 0 saturated heterocycles. The van der Waals surface area contributed by atoms with E-state index in [1.807, 2.05) is 24.3 Å². The minimum atomic E-state index is -3.25. The van der Waals surface area contributed by atoms with Crippen LogP contribution < -0.4 is 4.74 Å². The van der Waals surface area contributed by atoms with E-state index >= 15 is 0 Å². The molecule has 4 saturated carbocycles. The average Bonchev–Trinajstić information content (AvgIpc) is 3.15. The van der Waals surface area contributed by atoms with Gasteiger partial charge in [0.25, 0.3) is 10.1 Å². The number of halogens is 2. The Kier molecular flexibility index (Phi) is 12.9. The van der Waals surface area contributed by atoms with Crippen LogP contribution in [0, 0.1) is 22.5 Å². The van der Waals surface area contributed by atoms with Crippen molar-refractivity contribution in [3.05, 3.63) is 108 Å². The normalized spacial score (nSPS) is 19.7. The zero-order chi connectivity index (χ0) is 39.1. The first-order valence-corrected chi connectivity index (χ1v) is 21.1. The van der Waals surface area contributed by atoms with E-state index < -0.39 is 21.8 Å². The maximum absolute atomic E-state index is 14.3. The van der Waals surface area contributed by atoms with Crippen molar-refractivity contribution in [2.24, 2.45) is 10.8 Å². The van der Waals surface area contributed by atoms with Crippen molar-refractivity contribution in [3.63, 3.8) is 0 Å². The van der Waals surface area contributed by atoms with Gasteiger partial charge in [-0.2, -0.15) is 8.42 Å². The smallest absolute Gasteiger partial charge is 0.264 e. The molecule has 8 rings (SSSR count). The third-order valence-electron chi connectivity index (χ3n) is 12.1. The maximum atomic E-state index is 14.3. The number of ether oxygens (including phenoxy) is 1. The highest BCUT2D eigenvalue weighted by atomic mass is 32.2. The summed E-state index contributed by atoms with van der Waals surface area (Å²) in [5.74, 6) is -0.0478. The molecule has 1 N–H and O–H groups in total. The van der Waals surface area contributed by atoms with Crippen LogP contribution in [-0.4, -0.2) is 44.6 Å². The molecule has 10 heteroatoms. The van der Waals surface area contributed by atoms with Crippen LogP contribution in [0.15, 0.2) is 84.9 Å². The van der Waals surface area contributed by atoms with Gasteiger partial charge in [-0.1, -0.05) is 61.4 Å². The van der Waals surface area contributed by atoms with E-state index in [9.17, 15) is 26.8 Å². The van der Waals surface area contributed by atoms with E-state index in [0.717, 1.165) is 56.1 Å². The van der Waals surface area contributed by atoms with Gasteiger partial charge in [0.1, 0.15) is 23.1 Å². The summed E-state index contributed by atoms with van der Waals surface area (Å²) in [6.45, 7) is 0. The van der Waals surface area contributed by atoms with Crippen LogP contribution in [0.2, 0.25) is 0 Å². The molecule has 0 amide bonds. The van der Waals surface area contributed by atoms with Gasteiger partial charge in [0, 0.05) is 11.1 Å². The van der Waals surface area contributed by atoms with Gasteiger partial charge in [0.2, 0.25) is 0 Å². The Morgan fingerprint density at radius 1 is 0.618 bits per heavy atom. The number of hydrogen-bond acceptors (Lipinski definition) is 7. The first kappa shape index (κ1) is 40.3. The lowest BCUT2D eigenvalue weighted by atomic mass is 9.60. The molecule has 7 nitrogen and oxygen atoms in total. The highest BCUT2D eigenvalue weighted by Gasteiger charge is 2.41. The quantitative estimate of drug-likeness (QED) is 0.140. The van der Waals surface area contributed by atoms with E-state index in [-0.39, 0.29) is 23.0 Å². The van der Waals surface area contributed by atoms with Crippen molar-refractivity contribution >= 4 is 22.7 Å². The maximum Gasteiger partial charge on any atom is 0.264 e. The summed E-state index contributed by atoms with van der Waals surface area (Å²) in [6, 6.07) is 23.2. The molecule has 0 heterocycles. The summed E-state index contributed by atoms with van der Waals surface area (Å²) in [5.41, 5.74) is 3.52. The highest BCUT2D eigenvalue weighted by Crippen LogP contribution is 2.53. The summed E-state index contributed by atoms with van der Waals surface area (Å²) in [7, 11) is -3.25. The fraction of sp³-hybridized carbons (Fsp3) is 0.422. The van der Waals surface area contributed by atoms with E-state index in [1.165, 1.54) is 75.6 Å².